The minimum absolute atomic E-state index is 0.139. The molecule has 2 atom stereocenters. The molecule has 0 aromatic heterocycles. The molecule has 0 spiro atoms. The van der Waals surface area contributed by atoms with Crippen LogP contribution in [0.1, 0.15) is 34.6 Å². The third kappa shape index (κ3) is 6.37. The number of rotatable bonds is 6. The molecule has 20 heavy (non-hydrogen) atoms. The zero-order valence-corrected chi connectivity index (χ0v) is 16.8. The zero-order valence-electron chi connectivity index (χ0n) is 14.2. The maximum Gasteiger partial charge on any atom is 0.246 e. The third-order valence-corrected chi connectivity index (χ3v) is 10.8. The van der Waals surface area contributed by atoms with E-state index in [2.05, 4.69) is 47.4 Å². The molecule has 0 aromatic carbocycles. The Kier molecular flexibility index (Phi) is 8.18. The van der Waals surface area contributed by atoms with Crippen molar-refractivity contribution >= 4 is 36.3 Å². The van der Waals surface area contributed by atoms with Gasteiger partial charge in [0.05, 0.1) is 0 Å². The van der Waals surface area contributed by atoms with Crippen molar-refractivity contribution in [3.8, 4) is 0 Å². The first-order chi connectivity index (χ1) is 8.92. The molecule has 2 nitrogen and oxygen atoms in total. The predicted octanol–water partition coefficient (Wildman–Crippen LogP) is 5.81. The highest BCUT2D eigenvalue weighted by atomic mass is 32.2. The van der Waals surface area contributed by atoms with Crippen molar-refractivity contribution < 1.29 is 9.22 Å². The van der Waals surface area contributed by atoms with Crippen molar-refractivity contribution in [1.29, 1.82) is 0 Å². The summed E-state index contributed by atoms with van der Waals surface area (Å²) in [7, 11) is -1.73. The summed E-state index contributed by atoms with van der Waals surface area (Å²) in [4.78, 5) is 11.6. The van der Waals surface area contributed by atoms with Crippen molar-refractivity contribution in [1.82, 2.24) is 0 Å². The van der Waals surface area contributed by atoms with Gasteiger partial charge in [0.25, 0.3) is 0 Å². The summed E-state index contributed by atoms with van der Waals surface area (Å²) in [5.41, 5.74) is 1.05. The lowest BCUT2D eigenvalue weighted by Crippen LogP contribution is -2.42. The molecule has 118 valence electrons. The largest absolute Gasteiger partial charge is 0.417 e. The molecule has 0 bridgehead atoms. The summed E-state index contributed by atoms with van der Waals surface area (Å²) < 4.78 is 6.42. The van der Waals surface area contributed by atoms with Gasteiger partial charge in [-0.05, 0) is 37.2 Å². The molecule has 0 aliphatic rings. The Bertz CT molecular complexity index is 348. The first-order valence-corrected chi connectivity index (χ1v) is 12.0. The highest BCUT2D eigenvalue weighted by molar-refractivity contribution is 8.38. The fourth-order valence-electron chi connectivity index (χ4n) is 1.50. The molecule has 5 heteroatoms. The molecule has 0 amide bonds. The molecule has 0 radical (unpaired) electrons. The average molecular weight is 335 g/mol. The van der Waals surface area contributed by atoms with Gasteiger partial charge in [-0.1, -0.05) is 63.4 Å². The van der Waals surface area contributed by atoms with Gasteiger partial charge >= 0.3 is 0 Å². The van der Waals surface area contributed by atoms with E-state index >= 15 is 0 Å². The van der Waals surface area contributed by atoms with E-state index in [1.54, 1.807) is 0 Å². The second kappa shape index (κ2) is 8.06. The van der Waals surface area contributed by atoms with E-state index in [0.717, 1.165) is 5.57 Å². The Morgan fingerprint density at radius 2 is 1.85 bits per heavy atom. The van der Waals surface area contributed by atoms with Gasteiger partial charge in [0.2, 0.25) is 4.45 Å². The molecule has 0 heterocycles. The van der Waals surface area contributed by atoms with Crippen LogP contribution in [0.25, 0.3) is 0 Å². The van der Waals surface area contributed by atoms with Gasteiger partial charge in [0.1, 0.15) is 0 Å². The van der Waals surface area contributed by atoms with Crippen LogP contribution in [0.5, 0.6) is 0 Å². The number of carbonyl (C=O) groups excluding carboxylic acids is 1. The van der Waals surface area contributed by atoms with E-state index in [0.29, 0.717) is 12.5 Å². The summed E-state index contributed by atoms with van der Waals surface area (Å²) in [5, 5.41) is 0.355. The molecular formula is C15H30O2S2Si. The van der Waals surface area contributed by atoms with Gasteiger partial charge in [-0.3, -0.25) is 4.79 Å². The molecule has 0 fully saturated rings. The van der Waals surface area contributed by atoms with Crippen LogP contribution in [-0.4, -0.2) is 30.9 Å². The molecule has 0 aliphatic heterocycles. The highest BCUT2D eigenvalue weighted by Gasteiger charge is 2.38. The minimum atomic E-state index is -1.73. The van der Waals surface area contributed by atoms with Gasteiger partial charge in [0.15, 0.2) is 8.32 Å². The lowest BCUT2D eigenvalue weighted by atomic mass is 10.0. The number of carbonyl (C=O) groups is 1. The van der Waals surface area contributed by atoms with Crippen molar-refractivity contribution in [2.45, 2.75) is 58.0 Å². The van der Waals surface area contributed by atoms with Crippen LogP contribution in [0.3, 0.4) is 0 Å². The first kappa shape index (κ1) is 20.3. The van der Waals surface area contributed by atoms with Gasteiger partial charge in [0, 0.05) is 11.9 Å². The fourth-order valence-corrected chi connectivity index (χ4v) is 4.03. The van der Waals surface area contributed by atoms with Crippen LogP contribution in [0.4, 0.5) is 4.79 Å². The molecule has 0 saturated heterocycles. The van der Waals surface area contributed by atoms with E-state index < -0.39 is 8.32 Å². The van der Waals surface area contributed by atoms with Crippen LogP contribution < -0.4 is 0 Å². The first-order valence-electron chi connectivity index (χ1n) is 6.96. The molecule has 0 N–H and O–H groups in total. The molecule has 1 unspecified atom stereocenters. The van der Waals surface area contributed by atoms with E-state index in [9.17, 15) is 4.79 Å². The van der Waals surface area contributed by atoms with Crippen LogP contribution in [-0.2, 0) is 4.43 Å². The SMILES string of the molecule is C=C(C)C(SC(=O)SC)[C@@H](C)CO[Si](C)(C)C(C)(C)C. The number of thioether (sulfide) groups is 2. The molecule has 0 saturated carbocycles. The maximum atomic E-state index is 11.6. The summed E-state index contributed by atoms with van der Waals surface area (Å²) in [6.07, 6.45) is 1.82. The Hall–Kier alpha value is 0.287. The molecule has 0 aromatic rings. The van der Waals surface area contributed by atoms with Crippen molar-refractivity contribution in [2.75, 3.05) is 12.9 Å². The van der Waals surface area contributed by atoms with Crippen molar-refractivity contribution in [3.05, 3.63) is 12.2 Å². The van der Waals surface area contributed by atoms with Crippen LogP contribution in [0.2, 0.25) is 18.1 Å². The van der Waals surface area contributed by atoms with Crippen molar-refractivity contribution in [3.63, 3.8) is 0 Å². The normalized spacial score (nSPS) is 15.8. The van der Waals surface area contributed by atoms with Crippen LogP contribution in [0, 0.1) is 5.92 Å². The third-order valence-electron chi connectivity index (χ3n) is 3.91. The molecular weight excluding hydrogens is 304 g/mol. The summed E-state index contributed by atoms with van der Waals surface area (Å²) in [5.74, 6) is 0.294. The smallest absolute Gasteiger partial charge is 0.246 e. The Morgan fingerprint density at radius 1 is 1.35 bits per heavy atom. The second-order valence-corrected chi connectivity index (χ2v) is 13.8. The Balaban J connectivity index is 4.67. The van der Waals surface area contributed by atoms with Crippen LogP contribution >= 0.6 is 23.5 Å². The van der Waals surface area contributed by atoms with Crippen molar-refractivity contribution in [2.24, 2.45) is 5.92 Å². The minimum Gasteiger partial charge on any atom is -0.417 e. The second-order valence-electron chi connectivity index (χ2n) is 6.89. The zero-order chi connectivity index (χ0) is 16.1. The van der Waals surface area contributed by atoms with Gasteiger partial charge in [-0.25, -0.2) is 0 Å². The molecule has 0 rings (SSSR count). The van der Waals surface area contributed by atoms with E-state index in [-0.39, 0.29) is 14.7 Å². The Morgan fingerprint density at radius 3 is 2.20 bits per heavy atom. The number of hydrogen-bond acceptors (Lipinski definition) is 4. The fraction of sp³-hybridized carbons (Fsp3) is 0.800. The number of hydrogen-bond donors (Lipinski definition) is 0. The van der Waals surface area contributed by atoms with Crippen LogP contribution in [0.15, 0.2) is 12.2 Å². The highest BCUT2D eigenvalue weighted by Crippen LogP contribution is 2.38. The topological polar surface area (TPSA) is 26.3 Å². The summed E-state index contributed by atoms with van der Waals surface area (Å²) in [6.45, 7) is 20.1. The quantitative estimate of drug-likeness (QED) is 0.452. The van der Waals surface area contributed by atoms with E-state index in [4.69, 9.17) is 4.43 Å². The lowest BCUT2D eigenvalue weighted by molar-refractivity contribution is 0.239. The van der Waals surface area contributed by atoms with E-state index in [1.165, 1.54) is 23.5 Å². The summed E-state index contributed by atoms with van der Waals surface area (Å²) >= 11 is 2.65. The van der Waals surface area contributed by atoms with Gasteiger partial charge < -0.3 is 4.43 Å². The molecule has 0 aliphatic carbocycles. The maximum absolute atomic E-state index is 11.6. The average Bonchev–Trinajstić information content (AvgIpc) is 2.30. The monoisotopic (exact) mass is 334 g/mol. The van der Waals surface area contributed by atoms with E-state index in [1.807, 2.05) is 13.2 Å². The summed E-state index contributed by atoms with van der Waals surface area (Å²) in [6, 6.07) is 0. The standard InChI is InChI=1S/C15H30O2S2Si/c1-11(2)13(19-14(16)18-7)12(3)10-17-20(8,9)15(4,5)6/h12-13H,1,10H2,2-9H3/t12-,13?/m0/s1. The lowest BCUT2D eigenvalue weighted by Gasteiger charge is -2.37. The Labute approximate surface area is 134 Å². The predicted molar refractivity (Wildman–Crippen MR) is 97.4 cm³/mol. The van der Waals surface area contributed by atoms with Gasteiger partial charge in [-0.15, -0.1) is 0 Å². The van der Waals surface area contributed by atoms with Gasteiger partial charge in [-0.2, -0.15) is 0 Å².